The first kappa shape index (κ1) is 14.3. The second kappa shape index (κ2) is 5.90. The molecule has 0 bridgehead atoms. The molecule has 1 aromatic rings. The first-order chi connectivity index (χ1) is 9.03. The highest BCUT2D eigenvalue weighted by Crippen LogP contribution is 2.19. The Morgan fingerprint density at radius 3 is 2.74 bits per heavy atom. The van der Waals surface area contributed by atoms with Crippen LogP contribution in [0.15, 0.2) is 0 Å². The van der Waals surface area contributed by atoms with Crippen molar-refractivity contribution in [3.05, 3.63) is 5.82 Å². The predicted molar refractivity (Wildman–Crippen MR) is 68.0 cm³/mol. The lowest BCUT2D eigenvalue weighted by Gasteiger charge is -2.31. The Bertz CT molecular complexity index is 481. The van der Waals surface area contributed by atoms with Gasteiger partial charge in [0.2, 0.25) is 0 Å². The minimum atomic E-state index is -3.52. The summed E-state index contributed by atoms with van der Waals surface area (Å²) in [5, 5.41) is 13.2. The summed E-state index contributed by atoms with van der Waals surface area (Å²) in [6.07, 6.45) is 1.60. The van der Waals surface area contributed by atoms with E-state index in [9.17, 15) is 8.42 Å². The van der Waals surface area contributed by atoms with Gasteiger partial charge in [-0.05, 0) is 32.2 Å². The molecule has 2 rings (SSSR count). The predicted octanol–water partition coefficient (Wildman–Crippen LogP) is -1.23. The lowest BCUT2D eigenvalue weighted by atomic mass is 9.99. The van der Waals surface area contributed by atoms with Crippen LogP contribution in [0.5, 0.6) is 0 Å². The zero-order valence-corrected chi connectivity index (χ0v) is 11.6. The van der Waals surface area contributed by atoms with Gasteiger partial charge in [0.05, 0.1) is 6.04 Å². The summed E-state index contributed by atoms with van der Waals surface area (Å²) >= 11 is 0. The second-order valence-corrected chi connectivity index (χ2v) is 6.39. The lowest BCUT2D eigenvalue weighted by Crippen LogP contribution is -2.46. The van der Waals surface area contributed by atoms with Gasteiger partial charge in [0, 0.05) is 13.1 Å². The average molecular weight is 289 g/mol. The number of aromatic amines is 1. The topological polar surface area (TPSA) is 130 Å². The molecule has 2 heterocycles. The Morgan fingerprint density at radius 2 is 2.21 bits per heavy atom. The number of rotatable bonds is 5. The number of nitrogens with one attached hydrogen (secondary N) is 2. The Hall–Kier alpha value is -1.10. The molecule has 1 aromatic heterocycles. The van der Waals surface area contributed by atoms with Crippen molar-refractivity contribution in [2.24, 2.45) is 11.7 Å². The quantitative estimate of drug-likeness (QED) is 0.622. The van der Waals surface area contributed by atoms with Crippen molar-refractivity contribution in [2.45, 2.75) is 25.8 Å². The third-order valence-electron chi connectivity index (χ3n) is 3.32. The molecule has 1 aliphatic rings. The van der Waals surface area contributed by atoms with Crippen LogP contribution in [0.3, 0.4) is 0 Å². The standard InChI is InChI=1S/C9H19N7O2S/c1-7(9-11-14-15-12-9)13-19(17,18)16-4-2-8(6-10)3-5-16/h7-8,13H,2-6,10H2,1H3,(H,11,12,14,15). The summed E-state index contributed by atoms with van der Waals surface area (Å²) < 4.78 is 28.4. The van der Waals surface area contributed by atoms with Crippen LogP contribution in [-0.4, -0.2) is 53.0 Å². The second-order valence-electron chi connectivity index (χ2n) is 4.69. The minimum Gasteiger partial charge on any atom is -0.330 e. The number of nitrogens with zero attached hydrogens (tertiary/aromatic N) is 4. The van der Waals surface area contributed by atoms with Gasteiger partial charge in [0.1, 0.15) is 0 Å². The highest BCUT2D eigenvalue weighted by Gasteiger charge is 2.29. The maximum absolute atomic E-state index is 12.2. The van der Waals surface area contributed by atoms with E-state index in [1.54, 1.807) is 6.92 Å². The van der Waals surface area contributed by atoms with Gasteiger partial charge in [0.25, 0.3) is 10.2 Å². The number of nitrogens with two attached hydrogens (primary N) is 1. The number of hydrogen-bond donors (Lipinski definition) is 3. The van der Waals surface area contributed by atoms with Gasteiger partial charge in [0.15, 0.2) is 5.82 Å². The number of hydrogen-bond acceptors (Lipinski definition) is 6. The van der Waals surface area contributed by atoms with Crippen LogP contribution in [0.1, 0.15) is 31.6 Å². The number of aromatic nitrogens is 4. The van der Waals surface area contributed by atoms with Crippen LogP contribution in [-0.2, 0) is 10.2 Å². The zero-order valence-electron chi connectivity index (χ0n) is 10.8. The maximum Gasteiger partial charge on any atom is 0.280 e. The van der Waals surface area contributed by atoms with Crippen molar-refractivity contribution in [2.75, 3.05) is 19.6 Å². The molecule has 0 amide bonds. The molecule has 0 spiro atoms. The summed E-state index contributed by atoms with van der Waals surface area (Å²) in [5.74, 6) is 0.737. The molecular weight excluding hydrogens is 270 g/mol. The molecule has 0 radical (unpaired) electrons. The van der Waals surface area contributed by atoms with Crippen molar-refractivity contribution in [3.8, 4) is 0 Å². The molecule has 0 saturated carbocycles. The zero-order chi connectivity index (χ0) is 13.9. The van der Waals surface area contributed by atoms with E-state index in [-0.39, 0.29) is 0 Å². The van der Waals surface area contributed by atoms with Crippen LogP contribution >= 0.6 is 0 Å². The van der Waals surface area contributed by atoms with Crippen molar-refractivity contribution < 1.29 is 8.42 Å². The summed E-state index contributed by atoms with van der Waals surface area (Å²) in [6.45, 7) is 3.28. The smallest absolute Gasteiger partial charge is 0.280 e. The van der Waals surface area contributed by atoms with E-state index < -0.39 is 16.3 Å². The largest absolute Gasteiger partial charge is 0.330 e. The fourth-order valence-electron chi connectivity index (χ4n) is 2.09. The van der Waals surface area contributed by atoms with Crippen LogP contribution < -0.4 is 10.5 Å². The van der Waals surface area contributed by atoms with E-state index in [0.29, 0.717) is 31.4 Å². The van der Waals surface area contributed by atoms with Crippen LogP contribution in [0.25, 0.3) is 0 Å². The van der Waals surface area contributed by atoms with E-state index in [4.69, 9.17) is 5.73 Å². The molecular formula is C9H19N7O2S. The fraction of sp³-hybridized carbons (Fsp3) is 0.889. The van der Waals surface area contributed by atoms with Crippen molar-refractivity contribution >= 4 is 10.2 Å². The normalized spacial score (nSPS) is 20.5. The minimum absolute atomic E-state index is 0.320. The van der Waals surface area contributed by atoms with Crippen LogP contribution in [0.4, 0.5) is 0 Å². The van der Waals surface area contributed by atoms with Crippen LogP contribution in [0.2, 0.25) is 0 Å². The number of piperidine rings is 1. The van der Waals surface area contributed by atoms with Crippen molar-refractivity contribution in [3.63, 3.8) is 0 Å². The Labute approximate surface area is 112 Å². The van der Waals surface area contributed by atoms with Gasteiger partial charge in [-0.1, -0.05) is 5.21 Å². The Kier molecular flexibility index (Phi) is 4.45. The van der Waals surface area contributed by atoms with Crippen molar-refractivity contribution in [1.82, 2.24) is 29.7 Å². The van der Waals surface area contributed by atoms with Crippen LogP contribution in [0, 0.1) is 5.92 Å². The molecule has 108 valence electrons. The van der Waals surface area contributed by atoms with E-state index in [2.05, 4.69) is 25.3 Å². The first-order valence-electron chi connectivity index (χ1n) is 6.23. The lowest BCUT2D eigenvalue weighted by molar-refractivity contribution is 0.274. The van der Waals surface area contributed by atoms with Gasteiger partial charge in [-0.2, -0.15) is 22.7 Å². The third-order valence-corrected chi connectivity index (χ3v) is 5.02. The molecule has 9 nitrogen and oxygen atoms in total. The third kappa shape index (κ3) is 3.47. The van der Waals surface area contributed by atoms with E-state index in [1.807, 2.05) is 0 Å². The molecule has 0 aromatic carbocycles. The SMILES string of the molecule is CC(NS(=O)(=O)N1CCC(CN)CC1)c1nn[nH]n1. The molecule has 10 heteroatoms. The number of tetrazole rings is 1. The highest BCUT2D eigenvalue weighted by atomic mass is 32.2. The van der Waals surface area contributed by atoms with E-state index >= 15 is 0 Å². The maximum atomic E-state index is 12.2. The van der Waals surface area contributed by atoms with E-state index in [0.717, 1.165) is 12.8 Å². The molecule has 1 saturated heterocycles. The average Bonchev–Trinajstić information content (AvgIpc) is 2.92. The summed E-state index contributed by atoms with van der Waals surface area (Å²) in [6, 6.07) is -0.518. The van der Waals surface area contributed by atoms with Gasteiger partial charge >= 0.3 is 0 Å². The molecule has 1 fully saturated rings. The summed E-state index contributed by atoms with van der Waals surface area (Å²) in [7, 11) is -3.52. The van der Waals surface area contributed by atoms with Gasteiger partial charge in [-0.25, -0.2) is 0 Å². The van der Waals surface area contributed by atoms with Crippen molar-refractivity contribution in [1.29, 1.82) is 0 Å². The first-order valence-corrected chi connectivity index (χ1v) is 7.67. The molecule has 19 heavy (non-hydrogen) atoms. The molecule has 0 aliphatic carbocycles. The van der Waals surface area contributed by atoms with Gasteiger partial charge in [-0.15, -0.1) is 10.2 Å². The summed E-state index contributed by atoms with van der Waals surface area (Å²) in [4.78, 5) is 0. The molecule has 1 atom stereocenters. The Morgan fingerprint density at radius 1 is 1.53 bits per heavy atom. The number of H-pyrrole nitrogens is 1. The Balaban J connectivity index is 1.95. The molecule has 4 N–H and O–H groups in total. The highest BCUT2D eigenvalue weighted by molar-refractivity contribution is 7.87. The molecule has 1 unspecified atom stereocenters. The fourth-order valence-corrected chi connectivity index (χ4v) is 3.48. The van der Waals surface area contributed by atoms with Gasteiger partial charge in [-0.3, -0.25) is 0 Å². The monoisotopic (exact) mass is 289 g/mol. The van der Waals surface area contributed by atoms with Gasteiger partial charge < -0.3 is 5.73 Å². The van der Waals surface area contributed by atoms with E-state index in [1.165, 1.54) is 4.31 Å². The molecule has 1 aliphatic heterocycles. The summed E-state index contributed by atoms with van der Waals surface area (Å²) in [5.41, 5.74) is 5.59.